The third-order valence-corrected chi connectivity index (χ3v) is 2.40. The third kappa shape index (κ3) is 4.00. The van der Waals surface area contributed by atoms with E-state index in [2.05, 4.69) is 0 Å². The summed E-state index contributed by atoms with van der Waals surface area (Å²) in [5.41, 5.74) is 0. The number of benzene rings is 2. The number of hydrogen-bond acceptors (Lipinski definition) is 2. The Balaban J connectivity index is 1.73. The van der Waals surface area contributed by atoms with E-state index in [4.69, 9.17) is 21.1 Å². The van der Waals surface area contributed by atoms with Crippen molar-refractivity contribution in [2.24, 2.45) is 0 Å². The van der Waals surface area contributed by atoms with Gasteiger partial charge in [0, 0.05) is 5.02 Å². The molecule has 0 fully saturated rings. The number of ether oxygens (including phenoxy) is 2. The molecule has 2 rings (SSSR count). The van der Waals surface area contributed by atoms with Crippen LogP contribution in [-0.4, -0.2) is 13.2 Å². The number of hydrogen-bond donors (Lipinski definition) is 0. The normalized spacial score (nSPS) is 9.94. The molecule has 0 saturated carbocycles. The lowest BCUT2D eigenvalue weighted by Gasteiger charge is -2.08. The first kappa shape index (κ1) is 11.8. The van der Waals surface area contributed by atoms with Crippen LogP contribution in [0.3, 0.4) is 0 Å². The molecule has 0 unspecified atom stereocenters. The van der Waals surface area contributed by atoms with Gasteiger partial charge in [0.1, 0.15) is 24.7 Å². The van der Waals surface area contributed by atoms with Crippen molar-refractivity contribution in [1.82, 2.24) is 0 Å². The van der Waals surface area contributed by atoms with E-state index in [0.717, 1.165) is 11.5 Å². The summed E-state index contributed by atoms with van der Waals surface area (Å²) in [5.74, 6) is 1.61. The van der Waals surface area contributed by atoms with Gasteiger partial charge in [-0.15, -0.1) is 0 Å². The van der Waals surface area contributed by atoms with Crippen molar-refractivity contribution >= 4 is 11.6 Å². The molecule has 0 radical (unpaired) electrons. The van der Waals surface area contributed by atoms with Crippen molar-refractivity contribution in [2.75, 3.05) is 13.2 Å². The van der Waals surface area contributed by atoms with E-state index in [0.29, 0.717) is 18.2 Å². The smallest absolute Gasteiger partial charge is 0.122 e. The maximum absolute atomic E-state index is 5.84. The van der Waals surface area contributed by atoms with E-state index < -0.39 is 0 Å². The molecule has 0 aliphatic rings. The fourth-order valence-electron chi connectivity index (χ4n) is 1.39. The van der Waals surface area contributed by atoms with Crippen molar-refractivity contribution in [2.45, 2.75) is 0 Å². The number of halogens is 1. The maximum atomic E-state index is 5.84. The van der Waals surface area contributed by atoms with Gasteiger partial charge in [0.15, 0.2) is 0 Å². The Labute approximate surface area is 106 Å². The van der Waals surface area contributed by atoms with E-state index in [-0.39, 0.29) is 0 Å². The Kier molecular flexibility index (Phi) is 4.28. The van der Waals surface area contributed by atoms with Crippen LogP contribution >= 0.6 is 11.6 Å². The fourth-order valence-corrected chi connectivity index (χ4v) is 1.57. The van der Waals surface area contributed by atoms with Crippen LogP contribution in [0.2, 0.25) is 5.02 Å². The van der Waals surface area contributed by atoms with E-state index in [9.17, 15) is 0 Å². The van der Waals surface area contributed by atoms with Crippen LogP contribution in [0.4, 0.5) is 0 Å². The molecule has 0 atom stereocenters. The molecule has 0 heterocycles. The molecule has 0 amide bonds. The molecule has 0 aliphatic heterocycles. The van der Waals surface area contributed by atoms with Crippen LogP contribution in [0.15, 0.2) is 54.6 Å². The lowest BCUT2D eigenvalue weighted by Crippen LogP contribution is -2.08. The van der Waals surface area contributed by atoms with Crippen LogP contribution in [0, 0.1) is 0 Å². The van der Waals surface area contributed by atoms with E-state index >= 15 is 0 Å². The standard InChI is InChI=1S/C14H13ClO2/c15-12-5-4-8-14(11-12)17-10-9-16-13-6-2-1-3-7-13/h1-8,11H,9-10H2. The molecule has 3 heteroatoms. The van der Waals surface area contributed by atoms with E-state index in [1.807, 2.05) is 48.5 Å². The number of para-hydroxylation sites is 1. The molecule has 2 aromatic rings. The van der Waals surface area contributed by atoms with Crippen LogP contribution in [0.25, 0.3) is 0 Å². The highest BCUT2D eigenvalue weighted by Crippen LogP contribution is 2.17. The maximum Gasteiger partial charge on any atom is 0.122 e. The minimum atomic E-state index is 0.495. The molecular formula is C14H13ClO2. The minimum Gasteiger partial charge on any atom is -0.490 e. The van der Waals surface area contributed by atoms with Gasteiger partial charge in [-0.05, 0) is 30.3 Å². The summed E-state index contributed by atoms with van der Waals surface area (Å²) in [6.45, 7) is 1.01. The Morgan fingerprint density at radius 2 is 1.41 bits per heavy atom. The summed E-state index contributed by atoms with van der Waals surface area (Å²) < 4.78 is 11.0. The van der Waals surface area contributed by atoms with Crippen molar-refractivity contribution < 1.29 is 9.47 Å². The molecule has 0 aliphatic carbocycles. The Morgan fingerprint density at radius 1 is 0.765 bits per heavy atom. The molecule has 0 saturated heterocycles. The molecule has 0 bridgehead atoms. The summed E-state index contributed by atoms with van der Waals surface area (Å²) >= 11 is 5.84. The van der Waals surface area contributed by atoms with Gasteiger partial charge in [0.05, 0.1) is 0 Å². The largest absolute Gasteiger partial charge is 0.490 e. The van der Waals surface area contributed by atoms with Gasteiger partial charge in [-0.2, -0.15) is 0 Å². The van der Waals surface area contributed by atoms with E-state index in [1.165, 1.54) is 0 Å². The molecule has 0 spiro atoms. The topological polar surface area (TPSA) is 18.5 Å². The minimum absolute atomic E-state index is 0.495. The van der Waals surface area contributed by atoms with Crippen molar-refractivity contribution in [3.63, 3.8) is 0 Å². The highest BCUT2D eigenvalue weighted by atomic mass is 35.5. The van der Waals surface area contributed by atoms with Gasteiger partial charge in [-0.25, -0.2) is 0 Å². The van der Waals surface area contributed by atoms with Gasteiger partial charge in [-0.1, -0.05) is 35.9 Å². The highest BCUT2D eigenvalue weighted by Gasteiger charge is 1.95. The van der Waals surface area contributed by atoms with Crippen LogP contribution in [0.5, 0.6) is 11.5 Å². The Morgan fingerprint density at radius 3 is 2.12 bits per heavy atom. The first-order valence-corrected chi connectivity index (χ1v) is 5.78. The van der Waals surface area contributed by atoms with Gasteiger partial charge >= 0.3 is 0 Å². The second-order valence-corrected chi connectivity index (χ2v) is 3.90. The third-order valence-electron chi connectivity index (χ3n) is 2.16. The average Bonchev–Trinajstić information content (AvgIpc) is 2.36. The quantitative estimate of drug-likeness (QED) is 0.750. The molecule has 0 N–H and O–H groups in total. The molecule has 2 nitrogen and oxygen atoms in total. The van der Waals surface area contributed by atoms with Crippen molar-refractivity contribution in [3.05, 3.63) is 59.6 Å². The zero-order chi connectivity index (χ0) is 11.9. The average molecular weight is 249 g/mol. The summed E-state index contributed by atoms with van der Waals surface area (Å²) in [7, 11) is 0. The predicted octanol–water partition coefficient (Wildman–Crippen LogP) is 3.80. The first-order chi connectivity index (χ1) is 8.34. The summed E-state index contributed by atoms with van der Waals surface area (Å²) in [6, 6.07) is 17.0. The Bertz CT molecular complexity index is 457. The van der Waals surface area contributed by atoms with Crippen LogP contribution in [-0.2, 0) is 0 Å². The molecule has 88 valence electrons. The van der Waals surface area contributed by atoms with Crippen LogP contribution in [0.1, 0.15) is 0 Å². The molecular weight excluding hydrogens is 236 g/mol. The molecule has 2 aromatic carbocycles. The van der Waals surface area contributed by atoms with Crippen molar-refractivity contribution in [1.29, 1.82) is 0 Å². The second kappa shape index (κ2) is 6.16. The molecule has 0 aromatic heterocycles. The number of rotatable bonds is 5. The van der Waals surface area contributed by atoms with Gasteiger partial charge < -0.3 is 9.47 Å². The van der Waals surface area contributed by atoms with Crippen molar-refractivity contribution in [3.8, 4) is 11.5 Å². The zero-order valence-corrected chi connectivity index (χ0v) is 10.1. The highest BCUT2D eigenvalue weighted by molar-refractivity contribution is 6.30. The summed E-state index contributed by atoms with van der Waals surface area (Å²) in [4.78, 5) is 0. The zero-order valence-electron chi connectivity index (χ0n) is 9.30. The molecule has 17 heavy (non-hydrogen) atoms. The van der Waals surface area contributed by atoms with Crippen LogP contribution < -0.4 is 9.47 Å². The predicted molar refractivity (Wildman–Crippen MR) is 68.9 cm³/mol. The SMILES string of the molecule is Clc1cccc(OCCOc2ccccc2)c1. The summed E-state index contributed by atoms with van der Waals surface area (Å²) in [5, 5.41) is 0.673. The van der Waals surface area contributed by atoms with Gasteiger partial charge in [-0.3, -0.25) is 0 Å². The van der Waals surface area contributed by atoms with Gasteiger partial charge in [0.25, 0.3) is 0 Å². The monoisotopic (exact) mass is 248 g/mol. The first-order valence-electron chi connectivity index (χ1n) is 5.41. The van der Waals surface area contributed by atoms with E-state index in [1.54, 1.807) is 6.07 Å². The Hall–Kier alpha value is -1.67. The fraction of sp³-hybridized carbons (Fsp3) is 0.143. The second-order valence-electron chi connectivity index (χ2n) is 3.47. The summed E-state index contributed by atoms with van der Waals surface area (Å²) in [6.07, 6.45) is 0. The lowest BCUT2D eigenvalue weighted by molar-refractivity contribution is 0.217. The van der Waals surface area contributed by atoms with Gasteiger partial charge in [0.2, 0.25) is 0 Å². The lowest BCUT2D eigenvalue weighted by atomic mass is 10.3.